The fourth-order valence-corrected chi connectivity index (χ4v) is 2.52. The third kappa shape index (κ3) is 1.79. The highest BCUT2D eigenvalue weighted by atomic mass is 79.9. The van der Waals surface area contributed by atoms with E-state index in [9.17, 15) is 0 Å². The van der Waals surface area contributed by atoms with E-state index in [4.69, 9.17) is 5.73 Å². The van der Waals surface area contributed by atoms with Crippen LogP contribution in [0.25, 0.3) is 0 Å². The summed E-state index contributed by atoms with van der Waals surface area (Å²) in [6.45, 7) is 2.94. The SMILES string of the molecule is NCc1c(Br)cccc1N1CCCC1. The first kappa shape index (κ1) is 9.99. The van der Waals surface area contributed by atoms with Gasteiger partial charge in [-0.1, -0.05) is 22.0 Å². The smallest absolute Gasteiger partial charge is 0.0423 e. The second kappa shape index (κ2) is 4.32. The maximum absolute atomic E-state index is 5.76. The molecule has 2 N–H and O–H groups in total. The molecule has 0 aliphatic carbocycles. The molecular weight excluding hydrogens is 240 g/mol. The van der Waals surface area contributed by atoms with Crippen LogP contribution in [-0.2, 0) is 6.54 Å². The van der Waals surface area contributed by atoms with Gasteiger partial charge >= 0.3 is 0 Å². The zero-order valence-corrected chi connectivity index (χ0v) is 9.76. The van der Waals surface area contributed by atoms with Crippen molar-refractivity contribution in [2.75, 3.05) is 18.0 Å². The minimum absolute atomic E-state index is 0.604. The van der Waals surface area contributed by atoms with Crippen LogP contribution >= 0.6 is 15.9 Å². The van der Waals surface area contributed by atoms with Gasteiger partial charge in [0, 0.05) is 35.4 Å². The lowest BCUT2D eigenvalue weighted by Crippen LogP contribution is -2.20. The Bertz CT molecular complexity index is 319. The molecule has 1 saturated heterocycles. The Balaban J connectivity index is 2.35. The number of hydrogen-bond donors (Lipinski definition) is 1. The Kier molecular flexibility index (Phi) is 3.08. The van der Waals surface area contributed by atoms with Crippen LogP contribution in [0.5, 0.6) is 0 Å². The average Bonchev–Trinajstić information content (AvgIpc) is 2.70. The molecule has 1 aromatic carbocycles. The molecule has 2 nitrogen and oxygen atoms in total. The van der Waals surface area contributed by atoms with Crippen LogP contribution in [0.1, 0.15) is 18.4 Å². The van der Waals surface area contributed by atoms with Gasteiger partial charge in [0.2, 0.25) is 0 Å². The van der Waals surface area contributed by atoms with Gasteiger partial charge in [-0.25, -0.2) is 0 Å². The summed E-state index contributed by atoms with van der Waals surface area (Å²) in [4.78, 5) is 2.42. The van der Waals surface area contributed by atoms with Gasteiger partial charge in [0.05, 0.1) is 0 Å². The predicted octanol–water partition coefficient (Wildman–Crippen LogP) is 2.51. The molecule has 0 aromatic heterocycles. The molecule has 76 valence electrons. The quantitative estimate of drug-likeness (QED) is 0.879. The Morgan fingerprint density at radius 1 is 1.29 bits per heavy atom. The van der Waals surface area contributed by atoms with Crippen molar-refractivity contribution in [2.45, 2.75) is 19.4 Å². The number of nitrogens with two attached hydrogens (primary N) is 1. The van der Waals surface area contributed by atoms with E-state index in [0.29, 0.717) is 6.54 Å². The monoisotopic (exact) mass is 254 g/mol. The molecule has 1 heterocycles. The molecule has 1 aliphatic heterocycles. The van der Waals surface area contributed by atoms with Crippen molar-refractivity contribution < 1.29 is 0 Å². The summed E-state index contributed by atoms with van der Waals surface area (Å²) in [5, 5.41) is 0. The normalized spacial score (nSPS) is 16.3. The molecule has 3 heteroatoms. The number of nitrogens with zero attached hydrogens (tertiary/aromatic N) is 1. The maximum atomic E-state index is 5.76. The summed E-state index contributed by atoms with van der Waals surface area (Å²) >= 11 is 3.55. The van der Waals surface area contributed by atoms with Gasteiger partial charge in [-0.15, -0.1) is 0 Å². The van der Waals surface area contributed by atoms with E-state index in [2.05, 4.69) is 39.0 Å². The molecule has 0 amide bonds. The standard InChI is InChI=1S/C11H15BrN2/c12-10-4-3-5-11(9(10)8-13)14-6-1-2-7-14/h3-5H,1-2,6-8,13H2. The lowest BCUT2D eigenvalue weighted by Gasteiger charge is -2.21. The van der Waals surface area contributed by atoms with E-state index in [1.54, 1.807) is 0 Å². The fraction of sp³-hybridized carbons (Fsp3) is 0.455. The van der Waals surface area contributed by atoms with E-state index in [0.717, 1.165) is 4.47 Å². The van der Waals surface area contributed by atoms with Crippen molar-refractivity contribution in [3.63, 3.8) is 0 Å². The van der Waals surface area contributed by atoms with Crippen molar-refractivity contribution >= 4 is 21.6 Å². The van der Waals surface area contributed by atoms with Crippen molar-refractivity contribution in [3.05, 3.63) is 28.2 Å². The summed E-state index contributed by atoms with van der Waals surface area (Å²) in [6.07, 6.45) is 2.60. The summed E-state index contributed by atoms with van der Waals surface area (Å²) in [7, 11) is 0. The molecule has 0 bridgehead atoms. The predicted molar refractivity (Wildman–Crippen MR) is 63.5 cm³/mol. The van der Waals surface area contributed by atoms with Gasteiger partial charge < -0.3 is 10.6 Å². The molecule has 0 radical (unpaired) electrons. The van der Waals surface area contributed by atoms with Crippen LogP contribution in [0.2, 0.25) is 0 Å². The second-order valence-electron chi connectivity index (χ2n) is 3.64. The van der Waals surface area contributed by atoms with E-state index in [1.807, 2.05) is 0 Å². The molecule has 0 unspecified atom stereocenters. The van der Waals surface area contributed by atoms with E-state index in [1.165, 1.54) is 37.2 Å². The highest BCUT2D eigenvalue weighted by molar-refractivity contribution is 9.10. The summed E-state index contributed by atoms with van der Waals surface area (Å²) in [5.74, 6) is 0. The lowest BCUT2D eigenvalue weighted by atomic mass is 10.1. The second-order valence-corrected chi connectivity index (χ2v) is 4.49. The van der Waals surface area contributed by atoms with Crippen molar-refractivity contribution in [1.82, 2.24) is 0 Å². The molecule has 2 rings (SSSR count). The first-order chi connectivity index (χ1) is 6.83. The molecule has 0 spiro atoms. The van der Waals surface area contributed by atoms with Crippen LogP contribution in [0.3, 0.4) is 0 Å². The van der Waals surface area contributed by atoms with Gasteiger partial charge in [0.15, 0.2) is 0 Å². The molecule has 1 aromatic rings. The van der Waals surface area contributed by atoms with Gasteiger partial charge in [0.1, 0.15) is 0 Å². The number of benzene rings is 1. The zero-order valence-electron chi connectivity index (χ0n) is 8.17. The molecule has 1 aliphatic rings. The molecule has 0 saturated carbocycles. The van der Waals surface area contributed by atoms with Gasteiger partial charge in [0.25, 0.3) is 0 Å². The first-order valence-corrected chi connectivity index (χ1v) is 5.84. The molecular formula is C11H15BrN2. The first-order valence-electron chi connectivity index (χ1n) is 5.05. The Morgan fingerprint density at radius 2 is 2.00 bits per heavy atom. The number of anilines is 1. The number of halogens is 1. The summed E-state index contributed by atoms with van der Waals surface area (Å²) in [5.41, 5.74) is 8.30. The van der Waals surface area contributed by atoms with E-state index in [-0.39, 0.29) is 0 Å². The largest absolute Gasteiger partial charge is 0.371 e. The fourth-order valence-electron chi connectivity index (χ4n) is 2.00. The van der Waals surface area contributed by atoms with Gasteiger partial charge in [-0.2, -0.15) is 0 Å². The Morgan fingerprint density at radius 3 is 2.64 bits per heavy atom. The highest BCUT2D eigenvalue weighted by Crippen LogP contribution is 2.29. The molecule has 14 heavy (non-hydrogen) atoms. The van der Waals surface area contributed by atoms with Crippen LogP contribution in [-0.4, -0.2) is 13.1 Å². The lowest BCUT2D eigenvalue weighted by molar-refractivity contribution is 0.937. The van der Waals surface area contributed by atoms with E-state index >= 15 is 0 Å². The third-order valence-electron chi connectivity index (χ3n) is 2.75. The molecule has 0 atom stereocenters. The van der Waals surface area contributed by atoms with Gasteiger partial charge in [-0.05, 0) is 25.0 Å². The topological polar surface area (TPSA) is 29.3 Å². The van der Waals surface area contributed by atoms with Gasteiger partial charge in [-0.3, -0.25) is 0 Å². The minimum Gasteiger partial charge on any atom is -0.371 e. The highest BCUT2D eigenvalue weighted by Gasteiger charge is 2.15. The summed E-state index contributed by atoms with van der Waals surface area (Å²) in [6, 6.07) is 6.30. The third-order valence-corrected chi connectivity index (χ3v) is 3.49. The van der Waals surface area contributed by atoms with Crippen LogP contribution in [0, 0.1) is 0 Å². The maximum Gasteiger partial charge on any atom is 0.0423 e. The average molecular weight is 255 g/mol. The molecule has 1 fully saturated rings. The van der Waals surface area contributed by atoms with Crippen molar-refractivity contribution in [3.8, 4) is 0 Å². The summed E-state index contributed by atoms with van der Waals surface area (Å²) < 4.78 is 1.13. The Labute approximate surface area is 93.2 Å². The van der Waals surface area contributed by atoms with Crippen LogP contribution in [0.4, 0.5) is 5.69 Å². The van der Waals surface area contributed by atoms with Crippen molar-refractivity contribution in [2.24, 2.45) is 5.73 Å². The Hall–Kier alpha value is -0.540. The number of hydrogen-bond acceptors (Lipinski definition) is 2. The zero-order chi connectivity index (χ0) is 9.97. The van der Waals surface area contributed by atoms with Crippen LogP contribution in [0.15, 0.2) is 22.7 Å². The van der Waals surface area contributed by atoms with Crippen molar-refractivity contribution in [1.29, 1.82) is 0 Å². The van der Waals surface area contributed by atoms with Crippen LogP contribution < -0.4 is 10.6 Å². The minimum atomic E-state index is 0.604. The van der Waals surface area contributed by atoms with E-state index < -0.39 is 0 Å². The number of rotatable bonds is 2.